The molecule has 31 heavy (non-hydrogen) atoms. The number of nitrogens with zero attached hydrogens (tertiary/aromatic N) is 2. The van der Waals surface area contributed by atoms with Gasteiger partial charge < -0.3 is 0 Å². The maximum atomic E-state index is 4.94. The van der Waals surface area contributed by atoms with E-state index in [0.29, 0.717) is 0 Å². The van der Waals surface area contributed by atoms with Gasteiger partial charge in [0.05, 0.1) is 5.69 Å². The van der Waals surface area contributed by atoms with Crippen LogP contribution in [0, 0.1) is 0 Å². The van der Waals surface area contributed by atoms with E-state index < -0.39 is 0 Å². The summed E-state index contributed by atoms with van der Waals surface area (Å²) in [5.41, 5.74) is 7.92. The zero-order valence-corrected chi connectivity index (χ0v) is 18.9. The number of pyridine rings is 2. The molecule has 0 saturated heterocycles. The highest BCUT2D eigenvalue weighted by atomic mass is 32.1. The van der Waals surface area contributed by atoms with Crippen molar-refractivity contribution in [2.24, 2.45) is 0 Å². The van der Waals surface area contributed by atoms with Gasteiger partial charge in [-0.2, -0.15) is 0 Å². The number of aryl methyl sites for hydroxylation is 2. The fourth-order valence-electron chi connectivity index (χ4n) is 4.96. The fraction of sp³-hybridized carbons (Fsp3) is 0.214. The predicted molar refractivity (Wildman–Crippen MR) is 132 cm³/mol. The molecule has 5 aromatic rings. The minimum atomic E-state index is 0.0591. The van der Waals surface area contributed by atoms with E-state index in [-0.39, 0.29) is 5.41 Å². The molecule has 1 aliphatic rings. The summed E-state index contributed by atoms with van der Waals surface area (Å²) in [6.07, 6.45) is 8.00. The molecule has 0 bridgehead atoms. The van der Waals surface area contributed by atoms with Crippen LogP contribution in [0.2, 0.25) is 0 Å². The Morgan fingerprint density at radius 2 is 1.81 bits per heavy atom. The standard InChI is InChI=1S/C28H24N2S/c1-28(2,3)23-15-19(14-17-6-4-5-7-20(17)23)26-25-22-9-8-18-16-29-12-10-21(18)27(22)31-24(25)11-13-30-26/h4-7,10-16H,8-9H2,1-3H3. The number of hydrogen-bond donors (Lipinski definition) is 0. The Kier molecular flexibility index (Phi) is 4.06. The smallest absolute Gasteiger partial charge is 0.0792 e. The summed E-state index contributed by atoms with van der Waals surface area (Å²) in [6, 6.07) is 17.8. The van der Waals surface area contributed by atoms with Crippen LogP contribution < -0.4 is 0 Å². The molecule has 0 saturated carbocycles. The van der Waals surface area contributed by atoms with E-state index in [1.54, 1.807) is 0 Å². The molecule has 3 heteroatoms. The van der Waals surface area contributed by atoms with E-state index in [1.165, 1.54) is 53.6 Å². The highest BCUT2D eigenvalue weighted by Crippen LogP contribution is 2.46. The lowest BCUT2D eigenvalue weighted by Crippen LogP contribution is -2.12. The van der Waals surface area contributed by atoms with Crippen LogP contribution in [0.1, 0.15) is 37.5 Å². The molecule has 3 aromatic heterocycles. The highest BCUT2D eigenvalue weighted by Gasteiger charge is 2.25. The Labute approximate surface area is 186 Å². The van der Waals surface area contributed by atoms with Crippen LogP contribution in [0.15, 0.2) is 67.1 Å². The number of thiophene rings is 1. The molecular weight excluding hydrogens is 396 g/mol. The normalized spacial score (nSPS) is 13.4. The molecule has 0 spiro atoms. The first-order valence-electron chi connectivity index (χ1n) is 10.9. The summed E-state index contributed by atoms with van der Waals surface area (Å²) < 4.78 is 1.32. The second-order valence-electron chi connectivity index (χ2n) is 9.47. The topological polar surface area (TPSA) is 25.8 Å². The van der Waals surface area contributed by atoms with Gasteiger partial charge in [0.15, 0.2) is 0 Å². The minimum absolute atomic E-state index is 0.0591. The molecule has 0 fully saturated rings. The molecule has 0 atom stereocenters. The summed E-state index contributed by atoms with van der Waals surface area (Å²) in [5.74, 6) is 0. The minimum Gasteiger partial charge on any atom is -0.264 e. The van der Waals surface area contributed by atoms with Crippen LogP contribution in [-0.4, -0.2) is 9.97 Å². The zero-order chi connectivity index (χ0) is 21.2. The summed E-state index contributed by atoms with van der Waals surface area (Å²) in [4.78, 5) is 10.7. The molecule has 0 N–H and O–H groups in total. The molecule has 2 nitrogen and oxygen atoms in total. The third kappa shape index (κ3) is 2.91. The number of aromatic nitrogens is 2. The van der Waals surface area contributed by atoms with Gasteiger partial charge in [-0.3, -0.25) is 9.97 Å². The van der Waals surface area contributed by atoms with Crippen LogP contribution >= 0.6 is 11.3 Å². The maximum Gasteiger partial charge on any atom is 0.0792 e. The van der Waals surface area contributed by atoms with E-state index in [4.69, 9.17) is 4.98 Å². The van der Waals surface area contributed by atoms with Crippen molar-refractivity contribution >= 4 is 32.2 Å². The average Bonchev–Trinajstić information content (AvgIpc) is 3.17. The quantitative estimate of drug-likeness (QED) is 0.279. The Morgan fingerprint density at radius 3 is 2.68 bits per heavy atom. The van der Waals surface area contributed by atoms with Crippen molar-refractivity contribution in [1.29, 1.82) is 0 Å². The summed E-state index contributed by atoms with van der Waals surface area (Å²) >= 11 is 1.90. The third-order valence-electron chi connectivity index (χ3n) is 6.44. The zero-order valence-electron chi connectivity index (χ0n) is 18.1. The first-order chi connectivity index (χ1) is 15.0. The van der Waals surface area contributed by atoms with Crippen molar-refractivity contribution in [3.8, 4) is 21.7 Å². The lowest BCUT2D eigenvalue weighted by atomic mass is 9.82. The van der Waals surface area contributed by atoms with Crippen molar-refractivity contribution in [3.63, 3.8) is 0 Å². The van der Waals surface area contributed by atoms with Crippen molar-refractivity contribution in [2.75, 3.05) is 0 Å². The van der Waals surface area contributed by atoms with Gasteiger partial charge in [0, 0.05) is 39.1 Å². The van der Waals surface area contributed by atoms with Crippen molar-refractivity contribution in [3.05, 3.63) is 83.8 Å². The third-order valence-corrected chi connectivity index (χ3v) is 7.67. The van der Waals surface area contributed by atoms with Gasteiger partial charge in [-0.15, -0.1) is 11.3 Å². The van der Waals surface area contributed by atoms with Gasteiger partial charge in [0.25, 0.3) is 0 Å². The summed E-state index contributed by atoms with van der Waals surface area (Å²) in [7, 11) is 0. The highest BCUT2D eigenvalue weighted by molar-refractivity contribution is 7.22. The van der Waals surface area contributed by atoms with E-state index in [9.17, 15) is 0 Å². The Hall–Kier alpha value is -3.04. The first-order valence-corrected chi connectivity index (χ1v) is 11.7. The van der Waals surface area contributed by atoms with E-state index in [1.807, 2.05) is 29.9 Å². The van der Waals surface area contributed by atoms with E-state index >= 15 is 0 Å². The molecule has 2 aromatic carbocycles. The summed E-state index contributed by atoms with van der Waals surface area (Å²) in [6.45, 7) is 6.89. The van der Waals surface area contributed by atoms with Crippen LogP contribution in [-0.2, 0) is 18.3 Å². The van der Waals surface area contributed by atoms with E-state index in [0.717, 1.165) is 18.5 Å². The van der Waals surface area contributed by atoms with Gasteiger partial charge in [0.1, 0.15) is 0 Å². The Balaban J connectivity index is 1.66. The van der Waals surface area contributed by atoms with Crippen LogP contribution in [0.3, 0.4) is 0 Å². The molecule has 1 aliphatic carbocycles. The van der Waals surface area contributed by atoms with Gasteiger partial charge in [-0.05, 0) is 75.5 Å². The molecular formula is C28H24N2S. The Bertz CT molecular complexity index is 1470. The Morgan fingerprint density at radius 1 is 0.935 bits per heavy atom. The number of hydrogen-bond acceptors (Lipinski definition) is 3. The van der Waals surface area contributed by atoms with Crippen LogP contribution in [0.5, 0.6) is 0 Å². The molecule has 6 rings (SSSR count). The second kappa shape index (κ2) is 6.73. The molecule has 152 valence electrons. The predicted octanol–water partition coefficient (Wildman–Crippen LogP) is 7.57. The van der Waals surface area contributed by atoms with Crippen molar-refractivity contribution in [2.45, 2.75) is 39.0 Å². The second-order valence-corrected chi connectivity index (χ2v) is 10.5. The number of benzene rings is 2. The lowest BCUT2D eigenvalue weighted by molar-refractivity contribution is 0.596. The monoisotopic (exact) mass is 420 g/mol. The van der Waals surface area contributed by atoms with Gasteiger partial charge in [0.2, 0.25) is 0 Å². The maximum absolute atomic E-state index is 4.94. The van der Waals surface area contributed by atoms with Gasteiger partial charge in [-0.25, -0.2) is 0 Å². The van der Waals surface area contributed by atoms with Crippen LogP contribution in [0.25, 0.3) is 42.6 Å². The largest absolute Gasteiger partial charge is 0.264 e. The van der Waals surface area contributed by atoms with Crippen molar-refractivity contribution in [1.82, 2.24) is 9.97 Å². The number of fused-ring (bicyclic) bond motifs is 6. The molecule has 0 amide bonds. The number of rotatable bonds is 1. The first kappa shape index (κ1) is 18.7. The molecule has 0 unspecified atom stereocenters. The molecule has 0 radical (unpaired) electrons. The van der Waals surface area contributed by atoms with Gasteiger partial charge >= 0.3 is 0 Å². The SMILES string of the molecule is CC(C)(C)c1cc(-c2nccc3sc4c(c23)CCc2cnccc2-4)cc2ccccc12. The average molecular weight is 421 g/mol. The molecule has 3 heterocycles. The van der Waals surface area contributed by atoms with Crippen molar-refractivity contribution < 1.29 is 0 Å². The summed E-state index contributed by atoms with van der Waals surface area (Å²) in [5, 5.41) is 3.95. The van der Waals surface area contributed by atoms with Gasteiger partial charge in [-0.1, -0.05) is 45.0 Å². The van der Waals surface area contributed by atoms with Crippen LogP contribution in [0.4, 0.5) is 0 Å². The fourth-order valence-corrected chi connectivity index (χ4v) is 6.26. The molecule has 0 aliphatic heterocycles. The lowest BCUT2D eigenvalue weighted by Gasteiger charge is -2.23. The van der Waals surface area contributed by atoms with E-state index in [2.05, 4.69) is 74.3 Å².